The summed E-state index contributed by atoms with van der Waals surface area (Å²) in [4.78, 5) is 13.8. The molecule has 0 saturated carbocycles. The second-order valence-corrected chi connectivity index (χ2v) is 6.75. The van der Waals surface area contributed by atoms with Crippen molar-refractivity contribution in [3.05, 3.63) is 70.5 Å². The van der Waals surface area contributed by atoms with Gasteiger partial charge in [0.05, 0.1) is 5.02 Å². The molecular weight excluding hydrogens is 367 g/mol. The molecule has 0 radical (unpaired) electrons. The van der Waals surface area contributed by atoms with E-state index in [0.717, 1.165) is 18.5 Å². The number of nitrogens with one attached hydrogen (secondary N) is 1. The number of carbonyl (C=O) groups is 1. The lowest BCUT2D eigenvalue weighted by atomic mass is 10.2. The SMILES string of the molecule is CN(C)CCCNC(=O)C=Cc1ccc(OCc2c(F)cccc2Cl)cc1. The lowest BCUT2D eigenvalue weighted by Crippen LogP contribution is -2.25. The molecule has 144 valence electrons. The topological polar surface area (TPSA) is 41.6 Å². The first kappa shape index (κ1) is 20.9. The highest BCUT2D eigenvalue weighted by Gasteiger charge is 2.07. The van der Waals surface area contributed by atoms with Crippen LogP contribution in [0.3, 0.4) is 0 Å². The first-order valence-electron chi connectivity index (χ1n) is 8.72. The normalized spacial score (nSPS) is 11.1. The number of halogens is 2. The van der Waals surface area contributed by atoms with Gasteiger partial charge in [0.2, 0.25) is 5.91 Å². The van der Waals surface area contributed by atoms with Gasteiger partial charge in [0.25, 0.3) is 0 Å². The molecule has 2 aromatic carbocycles. The smallest absolute Gasteiger partial charge is 0.243 e. The molecule has 0 aliphatic rings. The van der Waals surface area contributed by atoms with Gasteiger partial charge in [-0.15, -0.1) is 0 Å². The summed E-state index contributed by atoms with van der Waals surface area (Å²) in [5, 5.41) is 3.18. The van der Waals surface area contributed by atoms with E-state index in [-0.39, 0.29) is 12.5 Å². The number of rotatable bonds is 9. The van der Waals surface area contributed by atoms with Gasteiger partial charge in [-0.25, -0.2) is 4.39 Å². The molecule has 0 bridgehead atoms. The van der Waals surface area contributed by atoms with Gasteiger partial charge >= 0.3 is 0 Å². The maximum absolute atomic E-state index is 13.7. The molecular formula is C21H24ClFN2O2. The van der Waals surface area contributed by atoms with E-state index in [4.69, 9.17) is 16.3 Å². The molecule has 4 nitrogen and oxygen atoms in total. The van der Waals surface area contributed by atoms with Crippen LogP contribution in [0.2, 0.25) is 5.02 Å². The highest BCUT2D eigenvalue weighted by atomic mass is 35.5. The summed E-state index contributed by atoms with van der Waals surface area (Å²) in [7, 11) is 4.00. The fourth-order valence-corrected chi connectivity index (χ4v) is 2.56. The Hall–Kier alpha value is -2.37. The van der Waals surface area contributed by atoms with E-state index in [9.17, 15) is 9.18 Å². The molecule has 0 spiro atoms. The van der Waals surface area contributed by atoms with E-state index in [1.54, 1.807) is 30.3 Å². The lowest BCUT2D eigenvalue weighted by molar-refractivity contribution is -0.116. The lowest BCUT2D eigenvalue weighted by Gasteiger charge is -2.09. The van der Waals surface area contributed by atoms with E-state index in [2.05, 4.69) is 10.2 Å². The van der Waals surface area contributed by atoms with Gasteiger partial charge < -0.3 is 15.0 Å². The van der Waals surface area contributed by atoms with Crippen molar-refractivity contribution < 1.29 is 13.9 Å². The third kappa shape index (κ3) is 7.41. The molecule has 0 fully saturated rings. The van der Waals surface area contributed by atoms with E-state index in [1.165, 1.54) is 12.1 Å². The van der Waals surface area contributed by atoms with E-state index in [0.29, 0.717) is 22.9 Å². The fraction of sp³-hybridized carbons (Fsp3) is 0.286. The Morgan fingerprint density at radius 3 is 2.63 bits per heavy atom. The predicted molar refractivity (Wildman–Crippen MR) is 107 cm³/mol. The molecule has 1 amide bonds. The average Bonchev–Trinajstić information content (AvgIpc) is 2.64. The average molecular weight is 391 g/mol. The molecule has 0 saturated heterocycles. The second-order valence-electron chi connectivity index (χ2n) is 6.34. The van der Waals surface area contributed by atoms with Crippen molar-refractivity contribution in [1.29, 1.82) is 0 Å². The Labute approximate surface area is 164 Å². The Kier molecular flexibility index (Phi) is 8.30. The summed E-state index contributed by atoms with van der Waals surface area (Å²) < 4.78 is 19.3. The third-order valence-electron chi connectivity index (χ3n) is 3.83. The third-order valence-corrected chi connectivity index (χ3v) is 4.19. The van der Waals surface area contributed by atoms with Gasteiger partial charge in [0.15, 0.2) is 0 Å². The van der Waals surface area contributed by atoms with Gasteiger partial charge in [0, 0.05) is 18.2 Å². The maximum atomic E-state index is 13.7. The van der Waals surface area contributed by atoms with Crippen LogP contribution in [-0.4, -0.2) is 38.0 Å². The van der Waals surface area contributed by atoms with Crippen LogP contribution in [0.15, 0.2) is 48.5 Å². The first-order valence-corrected chi connectivity index (χ1v) is 9.10. The number of benzene rings is 2. The van der Waals surface area contributed by atoms with Crippen molar-refractivity contribution in [2.45, 2.75) is 13.0 Å². The van der Waals surface area contributed by atoms with Crippen LogP contribution in [0.1, 0.15) is 17.5 Å². The molecule has 0 atom stereocenters. The Morgan fingerprint density at radius 1 is 1.22 bits per heavy atom. The summed E-state index contributed by atoms with van der Waals surface area (Å²) in [6.45, 7) is 1.63. The zero-order valence-electron chi connectivity index (χ0n) is 15.5. The maximum Gasteiger partial charge on any atom is 0.243 e. The summed E-state index contributed by atoms with van der Waals surface area (Å²) in [6.07, 6.45) is 4.15. The number of nitrogens with zero attached hydrogens (tertiary/aromatic N) is 1. The Morgan fingerprint density at radius 2 is 1.96 bits per heavy atom. The number of hydrogen-bond acceptors (Lipinski definition) is 3. The van der Waals surface area contributed by atoms with Gasteiger partial charge in [-0.1, -0.05) is 29.8 Å². The quantitative estimate of drug-likeness (QED) is 0.517. The molecule has 0 aromatic heterocycles. The minimum atomic E-state index is -0.390. The molecule has 0 heterocycles. The molecule has 27 heavy (non-hydrogen) atoms. The van der Waals surface area contributed by atoms with E-state index < -0.39 is 5.82 Å². The van der Waals surface area contributed by atoms with Crippen molar-refractivity contribution in [3.8, 4) is 5.75 Å². The van der Waals surface area contributed by atoms with Crippen LogP contribution in [-0.2, 0) is 11.4 Å². The van der Waals surface area contributed by atoms with Crippen LogP contribution in [0.5, 0.6) is 5.75 Å². The fourth-order valence-electron chi connectivity index (χ4n) is 2.34. The van der Waals surface area contributed by atoms with E-state index in [1.807, 2.05) is 26.2 Å². The van der Waals surface area contributed by atoms with Crippen LogP contribution in [0.25, 0.3) is 6.08 Å². The molecule has 2 rings (SSSR count). The summed E-state index contributed by atoms with van der Waals surface area (Å²) >= 11 is 5.98. The molecule has 1 N–H and O–H groups in total. The highest BCUT2D eigenvalue weighted by Crippen LogP contribution is 2.21. The molecule has 0 unspecified atom stereocenters. The van der Waals surface area contributed by atoms with Crippen LogP contribution in [0.4, 0.5) is 4.39 Å². The first-order chi connectivity index (χ1) is 13.0. The van der Waals surface area contributed by atoms with Crippen LogP contribution in [0, 0.1) is 5.82 Å². The zero-order valence-corrected chi connectivity index (χ0v) is 16.3. The summed E-state index contributed by atoms with van der Waals surface area (Å²) in [5.41, 5.74) is 1.20. The second kappa shape index (κ2) is 10.7. The monoisotopic (exact) mass is 390 g/mol. The zero-order chi connectivity index (χ0) is 19.6. The van der Waals surface area contributed by atoms with Gasteiger partial charge in [-0.05, 0) is 63.0 Å². The predicted octanol–water partition coefficient (Wildman–Crippen LogP) is 4.14. The van der Waals surface area contributed by atoms with Gasteiger partial charge in [0.1, 0.15) is 18.2 Å². The summed E-state index contributed by atoms with van der Waals surface area (Å²) in [5.74, 6) is 0.0848. The number of amides is 1. The van der Waals surface area contributed by atoms with Crippen molar-refractivity contribution in [3.63, 3.8) is 0 Å². The standard InChI is InChI=1S/C21H24ClFN2O2/c1-25(2)14-4-13-24-21(26)12-9-16-7-10-17(11-8-16)27-15-18-19(22)5-3-6-20(18)23/h3,5-12H,4,13-15H2,1-2H3,(H,24,26). The highest BCUT2D eigenvalue weighted by molar-refractivity contribution is 6.31. The summed E-state index contributed by atoms with van der Waals surface area (Å²) in [6, 6.07) is 11.7. The minimum absolute atomic E-state index is 0.0516. The Balaban J connectivity index is 1.81. The minimum Gasteiger partial charge on any atom is -0.489 e. The van der Waals surface area contributed by atoms with Crippen molar-refractivity contribution >= 4 is 23.6 Å². The molecule has 0 aliphatic carbocycles. The molecule has 0 aliphatic heterocycles. The van der Waals surface area contributed by atoms with Gasteiger partial charge in [-0.2, -0.15) is 0 Å². The van der Waals surface area contributed by atoms with Crippen LogP contribution < -0.4 is 10.1 Å². The number of hydrogen-bond donors (Lipinski definition) is 1. The van der Waals surface area contributed by atoms with E-state index >= 15 is 0 Å². The Bertz CT molecular complexity index is 756. The van der Waals surface area contributed by atoms with Crippen molar-refractivity contribution in [1.82, 2.24) is 10.2 Å². The van der Waals surface area contributed by atoms with Crippen molar-refractivity contribution in [2.24, 2.45) is 0 Å². The van der Waals surface area contributed by atoms with Gasteiger partial charge in [-0.3, -0.25) is 4.79 Å². The number of carbonyl (C=O) groups excluding carboxylic acids is 1. The molecule has 2 aromatic rings. The largest absolute Gasteiger partial charge is 0.489 e. The van der Waals surface area contributed by atoms with Crippen LogP contribution >= 0.6 is 11.6 Å². The number of ether oxygens (including phenoxy) is 1. The van der Waals surface area contributed by atoms with Crippen molar-refractivity contribution in [2.75, 3.05) is 27.2 Å². The molecule has 6 heteroatoms.